The Kier molecular flexibility index (Phi) is 18.7. The van der Waals surface area contributed by atoms with Crippen LogP contribution in [0.4, 0.5) is 0 Å². The number of carbonyl (C=O) groups is 3. The molecule has 3 amide bonds. The molecule has 2 rings (SSSR count). The second-order valence-electron chi connectivity index (χ2n) is 13.8. The SMILES string of the molecule is C#CCC[C@H](NC(=O)[C@@H](CC(=O)N(C)CCN(CC)CC)Cc1ccccc1)C(=O)N[C@@H](CC1CCCCC1)[C@@H](O)[C@@H](O)CC(C)C. The molecule has 1 aliphatic rings. The number of rotatable bonds is 21. The number of aliphatic hydroxyl groups is 2. The molecule has 1 aromatic rings. The van der Waals surface area contributed by atoms with E-state index in [-0.39, 0.29) is 37.0 Å². The zero-order valence-electron chi connectivity index (χ0n) is 29.6. The van der Waals surface area contributed by atoms with Crippen LogP contribution >= 0.6 is 0 Å². The molecule has 1 aliphatic carbocycles. The van der Waals surface area contributed by atoms with Gasteiger partial charge in [0.1, 0.15) is 12.1 Å². The first kappa shape index (κ1) is 40.2. The van der Waals surface area contributed by atoms with Gasteiger partial charge in [0, 0.05) is 33.0 Å². The standard InChI is InChI=1S/C38H62N4O5/c1-7-10-21-32(38(47)40-33(26-30-19-15-12-16-20-30)36(45)34(43)24-28(4)5)39-37(46)31(25-29-17-13-11-14-18-29)27-35(44)41(6)22-23-42(8-2)9-3/h1,11,13-14,17-18,28,30-34,36,43,45H,8-10,12,15-16,19-27H2,2-6H3,(H,39,46)(H,40,47)/t31-,32+,33+,34+,36-/m1/s1. The van der Waals surface area contributed by atoms with Crippen LogP contribution in [0.5, 0.6) is 0 Å². The molecule has 0 aromatic heterocycles. The Labute approximate surface area is 284 Å². The van der Waals surface area contributed by atoms with Crippen LogP contribution in [0, 0.1) is 30.1 Å². The molecule has 1 saturated carbocycles. The lowest BCUT2D eigenvalue weighted by Crippen LogP contribution is -2.56. The van der Waals surface area contributed by atoms with Crippen molar-refractivity contribution in [2.24, 2.45) is 17.8 Å². The molecule has 4 N–H and O–H groups in total. The summed E-state index contributed by atoms with van der Waals surface area (Å²) in [5.41, 5.74) is 0.922. The van der Waals surface area contributed by atoms with Gasteiger partial charge in [-0.2, -0.15) is 0 Å². The highest BCUT2D eigenvalue weighted by Crippen LogP contribution is 2.29. The van der Waals surface area contributed by atoms with E-state index in [0.717, 1.165) is 50.9 Å². The van der Waals surface area contributed by atoms with Gasteiger partial charge in [0.2, 0.25) is 17.7 Å². The highest BCUT2D eigenvalue weighted by Gasteiger charge is 2.34. The molecule has 1 fully saturated rings. The molecule has 9 nitrogen and oxygen atoms in total. The number of aliphatic hydroxyl groups excluding tert-OH is 2. The minimum atomic E-state index is -1.14. The topological polar surface area (TPSA) is 122 Å². The second kappa shape index (κ2) is 21.8. The van der Waals surface area contributed by atoms with Gasteiger partial charge in [-0.1, -0.05) is 90.1 Å². The number of nitrogens with one attached hydrogen (secondary N) is 2. The van der Waals surface area contributed by atoms with Gasteiger partial charge < -0.3 is 30.6 Å². The highest BCUT2D eigenvalue weighted by molar-refractivity contribution is 5.91. The summed E-state index contributed by atoms with van der Waals surface area (Å²) in [6.07, 6.45) is 10.7. The molecule has 9 heteroatoms. The van der Waals surface area contributed by atoms with E-state index in [1.165, 1.54) is 6.42 Å². The average Bonchev–Trinajstić information content (AvgIpc) is 3.06. The van der Waals surface area contributed by atoms with Crippen LogP contribution in [0.25, 0.3) is 0 Å². The molecule has 1 aromatic carbocycles. The van der Waals surface area contributed by atoms with Gasteiger partial charge in [0.25, 0.3) is 0 Å². The van der Waals surface area contributed by atoms with E-state index in [0.29, 0.717) is 31.7 Å². The van der Waals surface area contributed by atoms with E-state index < -0.39 is 36.1 Å². The lowest BCUT2D eigenvalue weighted by atomic mass is 9.82. The highest BCUT2D eigenvalue weighted by atomic mass is 16.3. The van der Waals surface area contributed by atoms with Crippen molar-refractivity contribution in [3.8, 4) is 12.3 Å². The number of hydrogen-bond donors (Lipinski definition) is 4. The molecular weight excluding hydrogens is 592 g/mol. The van der Waals surface area contributed by atoms with Crippen molar-refractivity contribution >= 4 is 17.7 Å². The van der Waals surface area contributed by atoms with E-state index in [2.05, 4.69) is 35.3 Å². The molecule has 0 spiro atoms. The van der Waals surface area contributed by atoms with Crippen molar-refractivity contribution in [1.82, 2.24) is 20.4 Å². The fraction of sp³-hybridized carbons (Fsp3) is 0.711. The molecule has 0 aliphatic heterocycles. The molecular formula is C38H62N4O5. The normalized spacial score (nSPS) is 16.9. The van der Waals surface area contributed by atoms with E-state index >= 15 is 0 Å². The summed E-state index contributed by atoms with van der Waals surface area (Å²) in [7, 11) is 1.76. The van der Waals surface area contributed by atoms with Gasteiger partial charge in [-0.15, -0.1) is 12.3 Å². The first-order valence-corrected chi connectivity index (χ1v) is 17.9. The van der Waals surface area contributed by atoms with Crippen molar-refractivity contribution < 1.29 is 24.6 Å². The van der Waals surface area contributed by atoms with Gasteiger partial charge >= 0.3 is 0 Å². The third kappa shape index (κ3) is 14.8. The predicted octanol–water partition coefficient (Wildman–Crippen LogP) is 4.16. The van der Waals surface area contributed by atoms with Crippen LogP contribution < -0.4 is 10.6 Å². The predicted molar refractivity (Wildman–Crippen MR) is 188 cm³/mol. The fourth-order valence-corrected chi connectivity index (χ4v) is 6.50. The lowest BCUT2D eigenvalue weighted by Gasteiger charge is -2.34. The van der Waals surface area contributed by atoms with Crippen molar-refractivity contribution in [1.29, 1.82) is 0 Å². The van der Waals surface area contributed by atoms with Crippen LogP contribution in [0.2, 0.25) is 0 Å². The molecule has 0 heterocycles. The Morgan fingerprint density at radius 1 is 0.979 bits per heavy atom. The third-order valence-electron chi connectivity index (χ3n) is 9.56. The quantitative estimate of drug-likeness (QED) is 0.148. The first-order valence-electron chi connectivity index (χ1n) is 17.9. The van der Waals surface area contributed by atoms with Gasteiger partial charge in [-0.05, 0) is 56.2 Å². The monoisotopic (exact) mass is 654 g/mol. The minimum Gasteiger partial charge on any atom is -0.390 e. The van der Waals surface area contributed by atoms with E-state index in [1.807, 2.05) is 44.2 Å². The van der Waals surface area contributed by atoms with Crippen molar-refractivity contribution in [2.45, 2.75) is 123 Å². The van der Waals surface area contributed by atoms with E-state index in [9.17, 15) is 24.6 Å². The van der Waals surface area contributed by atoms with Gasteiger partial charge in [0.05, 0.1) is 18.1 Å². The van der Waals surface area contributed by atoms with E-state index in [1.54, 1.807) is 11.9 Å². The molecule has 47 heavy (non-hydrogen) atoms. The van der Waals surface area contributed by atoms with Crippen LogP contribution in [0.15, 0.2) is 30.3 Å². The fourth-order valence-electron chi connectivity index (χ4n) is 6.50. The summed E-state index contributed by atoms with van der Waals surface area (Å²) < 4.78 is 0. The smallest absolute Gasteiger partial charge is 0.242 e. The summed E-state index contributed by atoms with van der Waals surface area (Å²) in [6.45, 7) is 11.2. The lowest BCUT2D eigenvalue weighted by molar-refractivity contribution is -0.137. The molecule has 0 bridgehead atoms. The van der Waals surface area contributed by atoms with Crippen LogP contribution in [0.3, 0.4) is 0 Å². The van der Waals surface area contributed by atoms with Gasteiger partial charge in [0.15, 0.2) is 0 Å². The summed E-state index contributed by atoms with van der Waals surface area (Å²) in [5.74, 6) is 1.43. The molecule has 0 unspecified atom stereocenters. The number of hydrogen-bond acceptors (Lipinski definition) is 6. The van der Waals surface area contributed by atoms with Crippen molar-refractivity contribution in [2.75, 3.05) is 33.2 Å². The number of carbonyl (C=O) groups excluding carboxylic acids is 3. The Bertz CT molecular complexity index is 1100. The molecule has 264 valence electrons. The van der Waals surface area contributed by atoms with Crippen LogP contribution in [-0.2, 0) is 20.8 Å². The Hall–Kier alpha value is -2.93. The van der Waals surface area contributed by atoms with Crippen molar-refractivity contribution in [3.05, 3.63) is 35.9 Å². The Morgan fingerprint density at radius 2 is 1.64 bits per heavy atom. The number of benzene rings is 1. The largest absolute Gasteiger partial charge is 0.390 e. The number of nitrogens with zero attached hydrogens (tertiary/aromatic N) is 2. The third-order valence-corrected chi connectivity index (χ3v) is 9.56. The number of terminal acetylenes is 1. The summed E-state index contributed by atoms with van der Waals surface area (Å²) in [5, 5.41) is 28.0. The van der Waals surface area contributed by atoms with Crippen LogP contribution in [0.1, 0.15) is 97.5 Å². The zero-order valence-corrected chi connectivity index (χ0v) is 29.6. The number of amides is 3. The summed E-state index contributed by atoms with van der Waals surface area (Å²) in [6, 6.07) is 7.95. The zero-order chi connectivity index (χ0) is 34.8. The van der Waals surface area contributed by atoms with Crippen molar-refractivity contribution in [3.63, 3.8) is 0 Å². The molecule has 0 radical (unpaired) electrons. The second-order valence-corrected chi connectivity index (χ2v) is 13.8. The maximum Gasteiger partial charge on any atom is 0.242 e. The summed E-state index contributed by atoms with van der Waals surface area (Å²) in [4.78, 5) is 45.0. The minimum absolute atomic E-state index is 0.00334. The van der Waals surface area contributed by atoms with Gasteiger partial charge in [-0.25, -0.2) is 0 Å². The maximum absolute atomic E-state index is 13.9. The first-order chi connectivity index (χ1) is 22.5. The van der Waals surface area contributed by atoms with Gasteiger partial charge in [-0.3, -0.25) is 14.4 Å². The maximum atomic E-state index is 13.9. The Balaban J connectivity index is 2.24. The average molecular weight is 655 g/mol. The summed E-state index contributed by atoms with van der Waals surface area (Å²) >= 11 is 0. The van der Waals surface area contributed by atoms with E-state index in [4.69, 9.17) is 6.42 Å². The molecule has 5 atom stereocenters. The number of likely N-dealkylation sites (N-methyl/N-ethyl adjacent to an activating group) is 2. The molecule has 0 saturated heterocycles. The Morgan fingerprint density at radius 3 is 2.23 bits per heavy atom. The van der Waals surface area contributed by atoms with Crippen LogP contribution in [-0.4, -0.2) is 95.3 Å².